The molecule has 0 amide bonds. The molecule has 3 rings (SSSR count). The minimum atomic E-state index is -0.116. The van der Waals surface area contributed by atoms with Crippen LogP contribution in [0.2, 0.25) is 0 Å². The van der Waals surface area contributed by atoms with Gasteiger partial charge in [0.1, 0.15) is 11.3 Å². The van der Waals surface area contributed by atoms with E-state index < -0.39 is 0 Å². The van der Waals surface area contributed by atoms with Crippen molar-refractivity contribution in [2.45, 2.75) is 52.4 Å². The van der Waals surface area contributed by atoms with Crippen molar-refractivity contribution in [2.75, 3.05) is 0 Å². The van der Waals surface area contributed by atoms with Crippen LogP contribution in [0.15, 0.2) is 4.79 Å². The van der Waals surface area contributed by atoms with Gasteiger partial charge in [-0.2, -0.15) is 5.10 Å². The molecule has 20 heavy (non-hydrogen) atoms. The Hall–Kier alpha value is -1.65. The lowest BCUT2D eigenvalue weighted by atomic mass is 10.0. The fourth-order valence-corrected chi connectivity index (χ4v) is 3.14. The number of rotatable bonds is 4. The average molecular weight is 274 g/mol. The van der Waals surface area contributed by atoms with Crippen molar-refractivity contribution < 1.29 is 0 Å². The highest BCUT2D eigenvalue weighted by Crippen LogP contribution is 2.27. The minimum Gasteiger partial charge on any atom is -0.309 e. The lowest BCUT2D eigenvalue weighted by Crippen LogP contribution is -2.14. The van der Waals surface area contributed by atoms with Crippen LogP contribution in [-0.4, -0.2) is 20.2 Å². The Morgan fingerprint density at radius 1 is 1.25 bits per heavy atom. The zero-order chi connectivity index (χ0) is 14.1. The second kappa shape index (κ2) is 5.38. The fraction of sp³-hybridized carbons (Fsp3) is 0.667. The number of aromatic amines is 2. The van der Waals surface area contributed by atoms with E-state index >= 15 is 0 Å². The third kappa shape index (κ3) is 2.62. The number of aromatic nitrogens is 4. The van der Waals surface area contributed by atoms with E-state index in [2.05, 4.69) is 34.0 Å². The first-order valence-electron chi connectivity index (χ1n) is 7.59. The first-order chi connectivity index (χ1) is 9.63. The smallest absolute Gasteiger partial charge is 0.279 e. The Kier molecular flexibility index (Phi) is 3.59. The molecular weight excluding hydrogens is 252 g/mol. The van der Waals surface area contributed by atoms with Crippen LogP contribution in [0.3, 0.4) is 0 Å². The van der Waals surface area contributed by atoms with E-state index in [1.54, 1.807) is 0 Å². The Bertz CT molecular complexity index is 649. The fourth-order valence-electron chi connectivity index (χ4n) is 3.14. The molecule has 0 radical (unpaired) electrons. The van der Waals surface area contributed by atoms with Crippen molar-refractivity contribution in [1.82, 2.24) is 20.2 Å². The van der Waals surface area contributed by atoms with Crippen LogP contribution in [0.4, 0.5) is 0 Å². The molecule has 5 heteroatoms. The van der Waals surface area contributed by atoms with Crippen molar-refractivity contribution in [1.29, 1.82) is 0 Å². The van der Waals surface area contributed by atoms with E-state index in [1.165, 1.54) is 25.7 Å². The molecule has 1 aliphatic carbocycles. The summed E-state index contributed by atoms with van der Waals surface area (Å²) in [5, 5.41) is 7.09. The summed E-state index contributed by atoms with van der Waals surface area (Å²) < 4.78 is 0. The van der Waals surface area contributed by atoms with Gasteiger partial charge in [0.25, 0.3) is 5.56 Å². The summed E-state index contributed by atoms with van der Waals surface area (Å²) in [6.07, 6.45) is 6.88. The van der Waals surface area contributed by atoms with Crippen LogP contribution in [-0.2, 0) is 12.8 Å². The highest BCUT2D eigenvalue weighted by Gasteiger charge is 2.18. The lowest BCUT2D eigenvalue weighted by molar-refractivity contribution is 0.530. The molecule has 2 aromatic rings. The van der Waals surface area contributed by atoms with Crippen molar-refractivity contribution in [2.24, 2.45) is 11.8 Å². The van der Waals surface area contributed by atoms with Gasteiger partial charge in [-0.15, -0.1) is 0 Å². The van der Waals surface area contributed by atoms with Gasteiger partial charge in [0.15, 0.2) is 5.52 Å². The van der Waals surface area contributed by atoms with E-state index in [1.807, 2.05) is 0 Å². The van der Waals surface area contributed by atoms with Crippen LogP contribution in [0.25, 0.3) is 11.0 Å². The molecule has 2 aromatic heterocycles. The van der Waals surface area contributed by atoms with Gasteiger partial charge >= 0.3 is 0 Å². The molecule has 0 unspecified atom stereocenters. The van der Waals surface area contributed by atoms with Gasteiger partial charge < -0.3 is 4.98 Å². The Morgan fingerprint density at radius 3 is 2.70 bits per heavy atom. The molecule has 0 saturated heterocycles. The molecule has 1 saturated carbocycles. The predicted molar refractivity (Wildman–Crippen MR) is 78.7 cm³/mol. The molecule has 2 heterocycles. The molecule has 0 atom stereocenters. The van der Waals surface area contributed by atoms with Crippen LogP contribution >= 0.6 is 0 Å². The summed E-state index contributed by atoms with van der Waals surface area (Å²) in [4.78, 5) is 19.7. The van der Waals surface area contributed by atoms with Gasteiger partial charge in [-0.05, 0) is 18.3 Å². The van der Waals surface area contributed by atoms with Crippen molar-refractivity contribution in [3.05, 3.63) is 21.9 Å². The Labute approximate surface area is 118 Å². The van der Waals surface area contributed by atoms with Crippen molar-refractivity contribution in [3.63, 3.8) is 0 Å². The highest BCUT2D eigenvalue weighted by atomic mass is 16.1. The average Bonchev–Trinajstić information content (AvgIpc) is 3.00. The zero-order valence-corrected chi connectivity index (χ0v) is 12.2. The summed E-state index contributed by atoms with van der Waals surface area (Å²) in [5.74, 6) is 2.01. The maximum atomic E-state index is 12.1. The van der Waals surface area contributed by atoms with Gasteiger partial charge in [0, 0.05) is 6.42 Å². The van der Waals surface area contributed by atoms with Gasteiger partial charge in [0.05, 0.1) is 5.69 Å². The van der Waals surface area contributed by atoms with E-state index in [0.717, 1.165) is 29.9 Å². The molecule has 0 aliphatic heterocycles. The normalized spacial score (nSPS) is 16.6. The van der Waals surface area contributed by atoms with Crippen LogP contribution < -0.4 is 5.56 Å². The maximum Gasteiger partial charge on any atom is 0.279 e. The SMILES string of the molecule is CC(C)Cc1[nH]nc2c(=O)[nH]c(CC3CCCC3)nc12. The number of hydrogen-bond donors (Lipinski definition) is 2. The van der Waals surface area contributed by atoms with Gasteiger partial charge in [-0.25, -0.2) is 4.98 Å². The summed E-state index contributed by atoms with van der Waals surface area (Å²) in [6, 6.07) is 0. The van der Waals surface area contributed by atoms with Crippen LogP contribution in [0.5, 0.6) is 0 Å². The molecule has 1 fully saturated rings. The molecule has 5 nitrogen and oxygen atoms in total. The summed E-state index contributed by atoms with van der Waals surface area (Å²) >= 11 is 0. The summed E-state index contributed by atoms with van der Waals surface area (Å²) in [6.45, 7) is 4.30. The molecule has 108 valence electrons. The van der Waals surface area contributed by atoms with Crippen molar-refractivity contribution >= 4 is 11.0 Å². The zero-order valence-electron chi connectivity index (χ0n) is 12.2. The molecule has 0 spiro atoms. The Morgan fingerprint density at radius 2 is 2.00 bits per heavy atom. The quantitative estimate of drug-likeness (QED) is 0.899. The van der Waals surface area contributed by atoms with E-state index in [0.29, 0.717) is 17.4 Å². The van der Waals surface area contributed by atoms with Crippen LogP contribution in [0.1, 0.15) is 51.0 Å². The molecule has 1 aliphatic rings. The Balaban J connectivity index is 1.95. The number of nitrogens with one attached hydrogen (secondary N) is 2. The van der Waals surface area contributed by atoms with Crippen LogP contribution in [0, 0.1) is 11.8 Å². The monoisotopic (exact) mass is 274 g/mol. The van der Waals surface area contributed by atoms with Gasteiger partial charge in [0.2, 0.25) is 0 Å². The van der Waals surface area contributed by atoms with E-state index in [9.17, 15) is 4.79 Å². The number of fused-ring (bicyclic) bond motifs is 1. The third-order valence-electron chi connectivity index (χ3n) is 4.10. The first kappa shape index (κ1) is 13.3. The molecular formula is C15H22N4O. The topological polar surface area (TPSA) is 74.4 Å². The predicted octanol–water partition coefficient (Wildman–Crippen LogP) is 2.58. The van der Waals surface area contributed by atoms with Gasteiger partial charge in [-0.1, -0.05) is 39.5 Å². The largest absolute Gasteiger partial charge is 0.309 e. The number of nitrogens with zero attached hydrogens (tertiary/aromatic N) is 2. The second-order valence-electron chi connectivity index (χ2n) is 6.36. The minimum absolute atomic E-state index is 0.116. The molecule has 0 aromatic carbocycles. The third-order valence-corrected chi connectivity index (χ3v) is 4.10. The standard InChI is InChI=1S/C15H22N4O/c1-9(2)7-11-13-14(19-18-11)15(20)17-12(16-13)8-10-5-3-4-6-10/h9-10H,3-8H2,1-2H3,(H,18,19)(H,16,17,20). The summed E-state index contributed by atoms with van der Waals surface area (Å²) in [7, 11) is 0. The second-order valence-corrected chi connectivity index (χ2v) is 6.36. The number of hydrogen-bond acceptors (Lipinski definition) is 3. The van der Waals surface area contributed by atoms with Gasteiger partial charge in [-0.3, -0.25) is 9.89 Å². The van der Waals surface area contributed by atoms with Crippen molar-refractivity contribution in [3.8, 4) is 0 Å². The number of H-pyrrole nitrogens is 2. The first-order valence-corrected chi connectivity index (χ1v) is 7.59. The maximum absolute atomic E-state index is 12.1. The molecule has 2 N–H and O–H groups in total. The van der Waals surface area contributed by atoms with E-state index in [-0.39, 0.29) is 5.56 Å². The van der Waals surface area contributed by atoms with E-state index in [4.69, 9.17) is 0 Å². The summed E-state index contributed by atoms with van der Waals surface area (Å²) in [5.41, 5.74) is 2.06. The highest BCUT2D eigenvalue weighted by molar-refractivity contribution is 5.75. The molecule has 0 bridgehead atoms. The lowest BCUT2D eigenvalue weighted by Gasteiger charge is -2.08.